The first kappa shape index (κ1) is 19.9. The molecule has 0 aromatic heterocycles. The number of para-hydroxylation sites is 1. The van der Waals surface area contributed by atoms with Gasteiger partial charge in [-0.05, 0) is 42.9 Å². The van der Waals surface area contributed by atoms with Crippen LogP contribution >= 0.6 is 0 Å². The average Bonchev–Trinajstić information content (AvgIpc) is 2.72. The van der Waals surface area contributed by atoms with E-state index in [-0.39, 0.29) is 18.5 Å². The van der Waals surface area contributed by atoms with E-state index >= 15 is 0 Å². The molecule has 0 aliphatic carbocycles. The Morgan fingerprint density at radius 1 is 1.04 bits per heavy atom. The minimum atomic E-state index is -0.235. The highest BCUT2D eigenvalue weighted by Gasteiger charge is 2.28. The molecule has 0 saturated carbocycles. The summed E-state index contributed by atoms with van der Waals surface area (Å²) in [6.07, 6.45) is 0. The molecule has 1 N–H and O–H groups in total. The summed E-state index contributed by atoms with van der Waals surface area (Å²) in [5, 5.41) is 2.93. The van der Waals surface area contributed by atoms with Crippen LogP contribution in [0.4, 0.5) is 16.2 Å². The molecule has 1 fully saturated rings. The summed E-state index contributed by atoms with van der Waals surface area (Å²) < 4.78 is 0. The summed E-state index contributed by atoms with van der Waals surface area (Å²) in [6, 6.07) is 17.2. The Morgan fingerprint density at radius 3 is 2.46 bits per heavy atom. The maximum atomic E-state index is 12.6. The number of carbonyl (C=O) groups excluding carboxylic acids is 2. The Morgan fingerprint density at radius 2 is 1.79 bits per heavy atom. The van der Waals surface area contributed by atoms with Crippen molar-refractivity contribution >= 4 is 23.3 Å². The van der Waals surface area contributed by atoms with Gasteiger partial charge in [-0.15, -0.1) is 0 Å². The largest absolute Gasteiger partial charge is 0.322 e. The van der Waals surface area contributed by atoms with Crippen LogP contribution in [-0.4, -0.2) is 54.5 Å². The van der Waals surface area contributed by atoms with E-state index in [1.807, 2.05) is 48.5 Å². The van der Waals surface area contributed by atoms with Crippen molar-refractivity contribution in [2.45, 2.75) is 20.4 Å². The fraction of sp³-hybridized carbons (Fsp3) is 0.364. The summed E-state index contributed by atoms with van der Waals surface area (Å²) in [5.41, 5.74) is 2.79. The molecule has 1 aliphatic rings. The SMILES string of the molecule is CCN(CC)Cc1cccc(NC(=O)N2CCN(c3ccccc3)C(=O)C2)c1. The Labute approximate surface area is 166 Å². The molecule has 3 rings (SSSR count). The van der Waals surface area contributed by atoms with Gasteiger partial charge >= 0.3 is 6.03 Å². The molecule has 2 aromatic rings. The predicted molar refractivity (Wildman–Crippen MR) is 112 cm³/mol. The molecule has 148 valence electrons. The molecule has 0 bridgehead atoms. The second-order valence-corrected chi connectivity index (χ2v) is 6.89. The summed E-state index contributed by atoms with van der Waals surface area (Å²) in [4.78, 5) is 30.8. The highest BCUT2D eigenvalue weighted by atomic mass is 16.2. The summed E-state index contributed by atoms with van der Waals surface area (Å²) in [6.45, 7) is 8.19. The minimum absolute atomic E-state index is 0.0668. The number of nitrogens with zero attached hydrogens (tertiary/aromatic N) is 3. The second kappa shape index (κ2) is 9.37. The van der Waals surface area contributed by atoms with Gasteiger partial charge in [0.25, 0.3) is 0 Å². The Hall–Kier alpha value is -2.86. The number of urea groups is 1. The van der Waals surface area contributed by atoms with Gasteiger partial charge in [-0.3, -0.25) is 9.69 Å². The number of benzene rings is 2. The van der Waals surface area contributed by atoms with Gasteiger partial charge in [-0.1, -0.05) is 44.2 Å². The van der Waals surface area contributed by atoms with E-state index in [1.165, 1.54) is 0 Å². The van der Waals surface area contributed by atoms with Crippen LogP contribution in [-0.2, 0) is 11.3 Å². The van der Waals surface area contributed by atoms with Crippen LogP contribution in [0.1, 0.15) is 19.4 Å². The van der Waals surface area contributed by atoms with Crippen molar-refractivity contribution in [3.8, 4) is 0 Å². The van der Waals surface area contributed by atoms with Crippen molar-refractivity contribution in [1.29, 1.82) is 0 Å². The zero-order valence-corrected chi connectivity index (χ0v) is 16.6. The number of carbonyl (C=O) groups is 2. The van der Waals surface area contributed by atoms with Gasteiger partial charge in [0, 0.05) is 31.0 Å². The van der Waals surface area contributed by atoms with Crippen molar-refractivity contribution in [1.82, 2.24) is 9.80 Å². The summed E-state index contributed by atoms with van der Waals surface area (Å²) in [5.74, 6) is -0.0668. The molecule has 2 aromatic carbocycles. The third-order valence-electron chi connectivity index (χ3n) is 5.05. The second-order valence-electron chi connectivity index (χ2n) is 6.89. The summed E-state index contributed by atoms with van der Waals surface area (Å²) in [7, 11) is 0. The molecule has 6 nitrogen and oxygen atoms in total. The number of piperazine rings is 1. The van der Waals surface area contributed by atoms with Crippen LogP contribution in [0.2, 0.25) is 0 Å². The quantitative estimate of drug-likeness (QED) is 0.836. The molecule has 28 heavy (non-hydrogen) atoms. The van der Waals surface area contributed by atoms with E-state index in [4.69, 9.17) is 0 Å². The maximum Gasteiger partial charge on any atom is 0.322 e. The van der Waals surface area contributed by atoms with Gasteiger partial charge in [-0.2, -0.15) is 0 Å². The Kier molecular flexibility index (Phi) is 6.66. The number of rotatable bonds is 6. The van der Waals surface area contributed by atoms with Gasteiger partial charge in [0.05, 0.1) is 0 Å². The molecule has 0 atom stereocenters. The van der Waals surface area contributed by atoms with Gasteiger partial charge in [0.15, 0.2) is 0 Å². The van der Waals surface area contributed by atoms with E-state index in [2.05, 4.69) is 30.1 Å². The Balaban J connectivity index is 1.59. The monoisotopic (exact) mass is 380 g/mol. The molecule has 1 saturated heterocycles. The fourth-order valence-corrected chi connectivity index (χ4v) is 3.38. The molecule has 1 heterocycles. The lowest BCUT2D eigenvalue weighted by Gasteiger charge is -2.34. The lowest BCUT2D eigenvalue weighted by atomic mass is 10.2. The molecule has 0 spiro atoms. The third-order valence-corrected chi connectivity index (χ3v) is 5.05. The third kappa shape index (κ3) is 4.89. The molecule has 0 radical (unpaired) electrons. The van der Waals surface area contributed by atoms with Crippen molar-refractivity contribution in [3.05, 3.63) is 60.2 Å². The fourth-order valence-electron chi connectivity index (χ4n) is 3.38. The first-order valence-corrected chi connectivity index (χ1v) is 9.83. The van der Waals surface area contributed by atoms with Crippen LogP contribution in [0, 0.1) is 0 Å². The Bertz CT molecular complexity index is 805. The molecule has 3 amide bonds. The van der Waals surface area contributed by atoms with E-state index in [9.17, 15) is 9.59 Å². The number of anilines is 2. The standard InChI is InChI=1S/C22H28N4O2/c1-3-24(4-2)16-18-9-8-10-19(15-18)23-22(28)25-13-14-26(21(27)17-25)20-11-6-5-7-12-20/h5-12,15H,3-4,13-14,16-17H2,1-2H3,(H,23,28). The first-order chi connectivity index (χ1) is 13.6. The van der Waals surface area contributed by atoms with Gasteiger partial charge < -0.3 is 15.1 Å². The number of hydrogen-bond donors (Lipinski definition) is 1. The molecule has 6 heteroatoms. The van der Waals surface area contributed by atoms with Gasteiger partial charge in [0.2, 0.25) is 5.91 Å². The van der Waals surface area contributed by atoms with Crippen LogP contribution in [0.15, 0.2) is 54.6 Å². The lowest BCUT2D eigenvalue weighted by molar-refractivity contribution is -0.120. The van der Waals surface area contributed by atoms with E-state index in [0.717, 1.165) is 36.6 Å². The van der Waals surface area contributed by atoms with Gasteiger partial charge in [0.1, 0.15) is 6.54 Å². The number of amides is 3. The summed E-state index contributed by atoms with van der Waals surface area (Å²) >= 11 is 0. The normalized spacial score (nSPS) is 14.5. The van der Waals surface area contributed by atoms with Crippen molar-refractivity contribution in [3.63, 3.8) is 0 Å². The number of nitrogens with one attached hydrogen (secondary N) is 1. The zero-order valence-electron chi connectivity index (χ0n) is 16.6. The van der Waals surface area contributed by atoms with Crippen LogP contribution < -0.4 is 10.2 Å². The van der Waals surface area contributed by atoms with Crippen LogP contribution in [0.5, 0.6) is 0 Å². The van der Waals surface area contributed by atoms with E-state index < -0.39 is 0 Å². The van der Waals surface area contributed by atoms with E-state index in [1.54, 1.807) is 9.80 Å². The lowest BCUT2D eigenvalue weighted by Crippen LogP contribution is -2.53. The van der Waals surface area contributed by atoms with Crippen molar-refractivity contribution in [2.75, 3.05) is 42.9 Å². The smallest absolute Gasteiger partial charge is 0.313 e. The van der Waals surface area contributed by atoms with Crippen LogP contribution in [0.25, 0.3) is 0 Å². The zero-order chi connectivity index (χ0) is 19.9. The van der Waals surface area contributed by atoms with Gasteiger partial charge in [-0.25, -0.2) is 4.79 Å². The highest BCUT2D eigenvalue weighted by Crippen LogP contribution is 2.18. The molecular formula is C22H28N4O2. The predicted octanol–water partition coefficient (Wildman–Crippen LogP) is 3.41. The molecular weight excluding hydrogens is 352 g/mol. The maximum absolute atomic E-state index is 12.6. The van der Waals surface area contributed by atoms with Crippen molar-refractivity contribution < 1.29 is 9.59 Å². The average molecular weight is 380 g/mol. The first-order valence-electron chi connectivity index (χ1n) is 9.83. The molecule has 0 unspecified atom stereocenters. The molecule has 1 aliphatic heterocycles. The minimum Gasteiger partial charge on any atom is -0.313 e. The number of hydrogen-bond acceptors (Lipinski definition) is 3. The van der Waals surface area contributed by atoms with Crippen molar-refractivity contribution in [2.24, 2.45) is 0 Å². The van der Waals surface area contributed by atoms with Crippen LogP contribution in [0.3, 0.4) is 0 Å². The van der Waals surface area contributed by atoms with E-state index in [0.29, 0.717) is 13.1 Å². The topological polar surface area (TPSA) is 55.9 Å². The highest BCUT2D eigenvalue weighted by molar-refractivity contribution is 5.99.